The van der Waals surface area contributed by atoms with Crippen molar-refractivity contribution in [3.05, 3.63) is 40.7 Å². The smallest absolute Gasteiger partial charge is 0.276 e. The number of pyridine rings is 1. The highest BCUT2D eigenvalue weighted by Gasteiger charge is 2.35. The van der Waals surface area contributed by atoms with Gasteiger partial charge in [-0.05, 0) is 32.3 Å². The second-order valence-electron chi connectivity index (χ2n) is 9.31. The van der Waals surface area contributed by atoms with Gasteiger partial charge in [0, 0.05) is 37.7 Å². The summed E-state index contributed by atoms with van der Waals surface area (Å²) in [5.74, 6) is 0.808. The second-order valence-corrected chi connectivity index (χ2v) is 9.31. The average Bonchev–Trinajstić information content (AvgIpc) is 3.26. The maximum absolute atomic E-state index is 12.7. The first-order valence-electron chi connectivity index (χ1n) is 10.8. The lowest BCUT2D eigenvalue weighted by molar-refractivity contribution is -0.0408. The molecule has 1 fully saturated rings. The fourth-order valence-electron chi connectivity index (χ4n) is 4.52. The van der Waals surface area contributed by atoms with Crippen LogP contribution in [0.5, 0.6) is 0 Å². The number of amides is 1. The monoisotopic (exact) mass is 423 g/mol. The Labute approximate surface area is 182 Å². The summed E-state index contributed by atoms with van der Waals surface area (Å²) in [6, 6.07) is 2.38. The van der Waals surface area contributed by atoms with E-state index in [4.69, 9.17) is 14.1 Å². The number of rotatable bonds is 3. The number of hydrogen-bond donors (Lipinski definition) is 0. The molecule has 0 aliphatic carbocycles. The first-order chi connectivity index (χ1) is 14.7. The van der Waals surface area contributed by atoms with Gasteiger partial charge in [0.1, 0.15) is 18.2 Å². The lowest BCUT2D eigenvalue weighted by atomic mass is 9.86. The molecular weight excluding hydrogens is 394 g/mol. The molecule has 0 bridgehead atoms. The van der Waals surface area contributed by atoms with Crippen molar-refractivity contribution in [2.75, 3.05) is 24.5 Å². The molecule has 31 heavy (non-hydrogen) atoms. The highest BCUT2D eigenvalue weighted by Crippen LogP contribution is 2.38. The maximum atomic E-state index is 12.7. The molecule has 4 heterocycles. The number of aromatic nitrogens is 2. The van der Waals surface area contributed by atoms with Crippen LogP contribution in [0.3, 0.4) is 0 Å². The van der Waals surface area contributed by atoms with Crippen molar-refractivity contribution in [2.45, 2.75) is 65.2 Å². The van der Waals surface area contributed by atoms with E-state index in [1.807, 2.05) is 6.92 Å². The number of carbonyl (C=O) groups excluding carboxylic acids is 1. The molecule has 8 heteroatoms. The highest BCUT2D eigenvalue weighted by molar-refractivity contribution is 5.92. The molecule has 1 amide bonds. The van der Waals surface area contributed by atoms with Crippen LogP contribution in [-0.4, -0.2) is 52.1 Å². The zero-order chi connectivity index (χ0) is 22.3. The van der Waals surface area contributed by atoms with Crippen molar-refractivity contribution in [1.82, 2.24) is 14.9 Å². The second kappa shape index (κ2) is 7.97. The van der Waals surface area contributed by atoms with Crippen molar-refractivity contribution in [3.8, 4) is 6.07 Å². The van der Waals surface area contributed by atoms with E-state index < -0.39 is 0 Å². The van der Waals surface area contributed by atoms with Gasteiger partial charge in [-0.3, -0.25) is 4.79 Å². The molecule has 1 atom stereocenters. The van der Waals surface area contributed by atoms with Crippen molar-refractivity contribution in [1.29, 1.82) is 5.26 Å². The minimum atomic E-state index is -0.318. The number of nitriles is 1. The summed E-state index contributed by atoms with van der Waals surface area (Å²) < 4.78 is 11.0. The van der Waals surface area contributed by atoms with Gasteiger partial charge in [-0.25, -0.2) is 9.97 Å². The van der Waals surface area contributed by atoms with Crippen LogP contribution in [0.4, 0.5) is 5.82 Å². The first kappa shape index (κ1) is 21.3. The lowest BCUT2D eigenvalue weighted by Gasteiger charge is -2.41. The van der Waals surface area contributed by atoms with E-state index in [2.05, 4.69) is 43.6 Å². The molecule has 1 saturated heterocycles. The standard InChI is InChI=1S/C23H29N5O3/c1-14(2)20-18-11-31-23(4,5)8-16(18)17(9-24)21(26-20)27-6-7-28(15(3)10-27)22(29)19-12-30-13-25-19/h12-15H,6-8,10-11H2,1-5H3. The van der Waals surface area contributed by atoms with E-state index >= 15 is 0 Å². The van der Waals surface area contributed by atoms with Gasteiger partial charge >= 0.3 is 0 Å². The van der Waals surface area contributed by atoms with E-state index in [1.165, 1.54) is 12.7 Å². The number of oxazole rings is 1. The molecule has 2 aromatic rings. The minimum Gasteiger partial charge on any atom is -0.451 e. The van der Waals surface area contributed by atoms with Gasteiger partial charge in [0.2, 0.25) is 0 Å². The summed E-state index contributed by atoms with van der Waals surface area (Å²) in [6.07, 6.45) is 3.32. The van der Waals surface area contributed by atoms with Gasteiger partial charge in [-0.15, -0.1) is 0 Å². The topological polar surface area (TPSA) is 95.5 Å². The fourth-order valence-corrected chi connectivity index (χ4v) is 4.52. The number of hydrogen-bond acceptors (Lipinski definition) is 7. The van der Waals surface area contributed by atoms with Gasteiger partial charge < -0.3 is 19.0 Å². The SMILES string of the molecule is CC(C)c1nc(N2CCN(C(=O)c3cocn3)C(C)C2)c(C#N)c2c1COC(C)(C)C2. The van der Waals surface area contributed by atoms with Crippen LogP contribution in [0.2, 0.25) is 0 Å². The predicted molar refractivity (Wildman–Crippen MR) is 115 cm³/mol. The van der Waals surface area contributed by atoms with Gasteiger partial charge in [0.15, 0.2) is 12.1 Å². The Morgan fingerprint density at radius 1 is 1.32 bits per heavy atom. The predicted octanol–water partition coefficient (Wildman–Crippen LogP) is 3.27. The summed E-state index contributed by atoms with van der Waals surface area (Å²) >= 11 is 0. The zero-order valence-electron chi connectivity index (χ0n) is 18.8. The third-order valence-electron chi connectivity index (χ3n) is 6.13. The highest BCUT2D eigenvalue weighted by atomic mass is 16.5. The lowest BCUT2D eigenvalue weighted by Crippen LogP contribution is -2.54. The summed E-state index contributed by atoms with van der Waals surface area (Å²) in [5, 5.41) is 10.1. The molecule has 1 unspecified atom stereocenters. The molecule has 2 aliphatic rings. The largest absolute Gasteiger partial charge is 0.451 e. The molecule has 4 rings (SSSR count). The van der Waals surface area contributed by atoms with Crippen molar-refractivity contribution >= 4 is 11.7 Å². The Balaban J connectivity index is 1.68. The van der Waals surface area contributed by atoms with E-state index in [0.29, 0.717) is 43.9 Å². The van der Waals surface area contributed by atoms with E-state index in [0.717, 1.165) is 22.6 Å². The van der Waals surface area contributed by atoms with Crippen LogP contribution in [-0.2, 0) is 17.8 Å². The Morgan fingerprint density at radius 3 is 2.71 bits per heavy atom. The first-order valence-corrected chi connectivity index (χ1v) is 10.8. The summed E-state index contributed by atoms with van der Waals surface area (Å²) in [7, 11) is 0. The molecule has 0 saturated carbocycles. The number of anilines is 1. The van der Waals surface area contributed by atoms with Crippen molar-refractivity contribution in [2.24, 2.45) is 0 Å². The van der Waals surface area contributed by atoms with Crippen LogP contribution in [0.15, 0.2) is 17.1 Å². The van der Waals surface area contributed by atoms with Crippen LogP contribution >= 0.6 is 0 Å². The van der Waals surface area contributed by atoms with Gasteiger partial charge in [-0.1, -0.05) is 13.8 Å². The van der Waals surface area contributed by atoms with E-state index in [1.54, 1.807) is 4.90 Å². The summed E-state index contributed by atoms with van der Waals surface area (Å²) in [5.41, 5.74) is 3.74. The quantitative estimate of drug-likeness (QED) is 0.747. The van der Waals surface area contributed by atoms with Crippen LogP contribution in [0.1, 0.15) is 73.4 Å². The molecule has 8 nitrogen and oxygen atoms in total. The van der Waals surface area contributed by atoms with Gasteiger partial charge in [-0.2, -0.15) is 5.26 Å². The third-order valence-corrected chi connectivity index (χ3v) is 6.13. The Morgan fingerprint density at radius 2 is 2.10 bits per heavy atom. The number of piperazine rings is 1. The molecule has 0 N–H and O–H groups in total. The van der Waals surface area contributed by atoms with Crippen LogP contribution in [0.25, 0.3) is 0 Å². The number of ether oxygens (including phenoxy) is 1. The zero-order valence-corrected chi connectivity index (χ0v) is 18.8. The van der Waals surface area contributed by atoms with Gasteiger partial charge in [0.05, 0.1) is 23.5 Å². The number of carbonyl (C=O) groups is 1. The van der Waals surface area contributed by atoms with Crippen molar-refractivity contribution < 1.29 is 13.9 Å². The minimum absolute atomic E-state index is 0.0513. The van der Waals surface area contributed by atoms with E-state index in [9.17, 15) is 10.1 Å². The summed E-state index contributed by atoms with van der Waals surface area (Å²) in [4.78, 5) is 25.7. The number of fused-ring (bicyclic) bond motifs is 1. The molecule has 2 aliphatic heterocycles. The van der Waals surface area contributed by atoms with Crippen molar-refractivity contribution in [3.63, 3.8) is 0 Å². The molecule has 164 valence electrons. The van der Waals surface area contributed by atoms with E-state index in [-0.39, 0.29) is 23.5 Å². The maximum Gasteiger partial charge on any atom is 0.276 e. The molecule has 0 radical (unpaired) electrons. The summed E-state index contributed by atoms with van der Waals surface area (Å²) in [6.45, 7) is 12.6. The molecular formula is C23H29N5O3. The van der Waals surface area contributed by atoms with Crippen LogP contribution < -0.4 is 4.90 Å². The van der Waals surface area contributed by atoms with Gasteiger partial charge in [0.25, 0.3) is 5.91 Å². The molecule has 2 aromatic heterocycles. The average molecular weight is 424 g/mol. The number of nitrogens with zero attached hydrogens (tertiary/aromatic N) is 5. The molecule has 0 aromatic carbocycles. The Hall–Kier alpha value is -2.92. The Kier molecular flexibility index (Phi) is 5.48. The molecule has 0 spiro atoms. The normalized spacial score (nSPS) is 20.5. The fraction of sp³-hybridized carbons (Fsp3) is 0.565. The third kappa shape index (κ3) is 3.90. The Bertz CT molecular complexity index is 1020. The van der Waals surface area contributed by atoms with Crippen LogP contribution in [0, 0.1) is 11.3 Å².